The molecule has 2 aliphatic rings. The fourth-order valence-corrected chi connectivity index (χ4v) is 3.76. The summed E-state index contributed by atoms with van der Waals surface area (Å²) in [7, 11) is 0. The summed E-state index contributed by atoms with van der Waals surface area (Å²) in [5.74, 6) is 0.149. The second kappa shape index (κ2) is 17.6. The zero-order chi connectivity index (χ0) is 28.6. The van der Waals surface area contributed by atoms with Gasteiger partial charge in [-0.25, -0.2) is 9.79 Å². The third kappa shape index (κ3) is 11.4. The third-order valence-corrected chi connectivity index (χ3v) is 5.56. The lowest BCUT2D eigenvalue weighted by atomic mass is 9.89. The van der Waals surface area contributed by atoms with Gasteiger partial charge in [-0.2, -0.15) is 0 Å². The first-order chi connectivity index (χ1) is 17.7. The summed E-state index contributed by atoms with van der Waals surface area (Å²) in [5, 5.41) is 3.78. The molecule has 0 unspecified atom stereocenters. The average Bonchev–Trinajstić information content (AvgIpc) is 2.91. The number of benzene rings is 1. The fourth-order valence-electron chi connectivity index (χ4n) is 3.42. The Balaban J connectivity index is 0.00000201. The number of likely N-dealkylation sites (tertiary alicyclic amines) is 1. The minimum atomic E-state index is -0.604. The molecule has 9 nitrogen and oxygen atoms in total. The van der Waals surface area contributed by atoms with Crippen LogP contribution in [0.2, 0.25) is 0 Å². The Morgan fingerprint density at radius 2 is 1.57 bits per heavy atom. The van der Waals surface area contributed by atoms with Gasteiger partial charge in [0.1, 0.15) is 5.60 Å². The van der Waals surface area contributed by atoms with Crippen LogP contribution in [0.3, 0.4) is 0 Å². The van der Waals surface area contributed by atoms with Gasteiger partial charge < -0.3 is 20.7 Å². The number of nitrogens with zero attached hydrogens (tertiary/aromatic N) is 2. The van der Waals surface area contributed by atoms with Gasteiger partial charge in [0.05, 0.1) is 0 Å². The number of primary amides is 1. The lowest BCUT2D eigenvalue weighted by Gasteiger charge is -2.33. The molecule has 0 saturated carbocycles. The molecule has 0 bridgehead atoms. The Bertz CT molecular complexity index is 886. The molecular formula is C27H48N6O3S. The number of nitrogens with one attached hydrogen (secondary N) is 3. The number of rotatable bonds is 4. The van der Waals surface area contributed by atoms with E-state index in [1.165, 1.54) is 17.3 Å². The molecule has 1 aromatic carbocycles. The van der Waals surface area contributed by atoms with Crippen LogP contribution in [0.4, 0.5) is 10.5 Å². The molecule has 1 aromatic rings. The van der Waals surface area contributed by atoms with E-state index in [1.807, 2.05) is 80.7 Å². The van der Waals surface area contributed by atoms with Crippen molar-refractivity contribution in [3.05, 3.63) is 41.3 Å². The molecular weight excluding hydrogens is 488 g/mol. The number of nitrogens with two attached hydrogens (primary N) is 1. The van der Waals surface area contributed by atoms with Crippen LogP contribution in [0.5, 0.6) is 0 Å². The van der Waals surface area contributed by atoms with E-state index >= 15 is 0 Å². The van der Waals surface area contributed by atoms with E-state index in [-0.39, 0.29) is 11.8 Å². The molecule has 0 aliphatic carbocycles. The highest BCUT2D eigenvalue weighted by Gasteiger charge is 2.27. The van der Waals surface area contributed by atoms with E-state index in [0.717, 1.165) is 18.5 Å². The largest absolute Gasteiger partial charge is 0.444 e. The molecule has 0 radical (unpaired) electrons. The van der Waals surface area contributed by atoms with Gasteiger partial charge >= 0.3 is 6.09 Å². The zero-order valence-electron chi connectivity index (χ0n) is 24.3. The monoisotopic (exact) mass is 536 g/mol. The number of ether oxygens (including phenoxy) is 1. The fraction of sp³-hybridized carbons (Fsp3) is 0.593. The van der Waals surface area contributed by atoms with Gasteiger partial charge in [-0.05, 0) is 63.5 Å². The van der Waals surface area contributed by atoms with Crippen molar-refractivity contribution in [1.82, 2.24) is 15.8 Å². The highest BCUT2D eigenvalue weighted by atomic mass is 32.2. The first kappa shape index (κ1) is 34.1. The van der Waals surface area contributed by atoms with Crippen molar-refractivity contribution in [2.24, 2.45) is 10.7 Å². The van der Waals surface area contributed by atoms with Gasteiger partial charge in [0.15, 0.2) is 16.7 Å². The number of piperidine rings is 1. The summed E-state index contributed by atoms with van der Waals surface area (Å²) in [5.41, 5.74) is 12.7. The SMILES string of the molecule is CC.CC.CC.CSC1=NC(Nc2ccc(C3CCN(C(=O)OC(C)(C)C)CC3)cc2)=C(C(N)=O)NN1. The number of amides is 2. The lowest BCUT2D eigenvalue weighted by molar-refractivity contribution is -0.115. The van der Waals surface area contributed by atoms with Crippen LogP contribution in [0.15, 0.2) is 40.8 Å². The van der Waals surface area contributed by atoms with E-state index in [0.29, 0.717) is 30.0 Å². The number of anilines is 1. The van der Waals surface area contributed by atoms with Crippen LogP contribution < -0.4 is 21.9 Å². The van der Waals surface area contributed by atoms with Crippen molar-refractivity contribution < 1.29 is 14.3 Å². The maximum Gasteiger partial charge on any atom is 0.410 e. The molecule has 5 N–H and O–H groups in total. The molecule has 37 heavy (non-hydrogen) atoms. The number of thioether (sulfide) groups is 1. The molecule has 210 valence electrons. The van der Waals surface area contributed by atoms with Crippen molar-refractivity contribution in [3.63, 3.8) is 0 Å². The number of amidine groups is 1. The smallest absolute Gasteiger partial charge is 0.410 e. The maximum atomic E-state index is 12.2. The minimum absolute atomic E-state index is 0.177. The molecule has 1 fully saturated rings. The Hall–Kier alpha value is -2.88. The van der Waals surface area contributed by atoms with Gasteiger partial charge in [0.2, 0.25) is 0 Å². The van der Waals surface area contributed by atoms with E-state index in [4.69, 9.17) is 10.5 Å². The summed E-state index contributed by atoms with van der Waals surface area (Å²) in [4.78, 5) is 30.1. The van der Waals surface area contributed by atoms with Gasteiger partial charge in [-0.1, -0.05) is 65.4 Å². The predicted octanol–water partition coefficient (Wildman–Crippen LogP) is 5.77. The van der Waals surface area contributed by atoms with Crippen molar-refractivity contribution in [1.29, 1.82) is 0 Å². The van der Waals surface area contributed by atoms with Crippen molar-refractivity contribution in [2.45, 2.75) is 86.7 Å². The number of hydrogen-bond donors (Lipinski definition) is 4. The normalized spacial score (nSPS) is 15.1. The molecule has 10 heteroatoms. The number of carbonyl (C=O) groups is 2. The molecule has 0 spiro atoms. The van der Waals surface area contributed by atoms with E-state index in [9.17, 15) is 9.59 Å². The highest BCUT2D eigenvalue weighted by Crippen LogP contribution is 2.30. The second-order valence-corrected chi connectivity index (χ2v) is 9.24. The Kier molecular flexibility index (Phi) is 16.2. The molecule has 0 aromatic heterocycles. The molecule has 2 aliphatic heterocycles. The number of carbonyl (C=O) groups excluding carboxylic acids is 2. The van der Waals surface area contributed by atoms with Crippen LogP contribution in [0.25, 0.3) is 0 Å². The maximum absolute atomic E-state index is 12.2. The van der Waals surface area contributed by atoms with Gasteiger partial charge in [0, 0.05) is 18.8 Å². The molecule has 2 heterocycles. The van der Waals surface area contributed by atoms with Crippen molar-refractivity contribution in [2.75, 3.05) is 24.7 Å². The summed E-state index contributed by atoms with van der Waals surface area (Å²) in [6.07, 6.45) is 3.41. The molecule has 1 saturated heterocycles. The summed E-state index contributed by atoms with van der Waals surface area (Å²) in [6, 6.07) is 8.04. The Morgan fingerprint density at radius 3 is 2.03 bits per heavy atom. The average molecular weight is 537 g/mol. The van der Waals surface area contributed by atoms with Crippen LogP contribution in [-0.2, 0) is 9.53 Å². The summed E-state index contributed by atoms with van der Waals surface area (Å²) < 4.78 is 5.47. The van der Waals surface area contributed by atoms with E-state index in [1.54, 1.807) is 4.90 Å². The number of hydrogen-bond acceptors (Lipinski definition) is 8. The van der Waals surface area contributed by atoms with Crippen LogP contribution >= 0.6 is 11.8 Å². The van der Waals surface area contributed by atoms with Gasteiger partial charge in [0.25, 0.3) is 5.91 Å². The van der Waals surface area contributed by atoms with Crippen LogP contribution in [0.1, 0.15) is 86.6 Å². The van der Waals surface area contributed by atoms with Crippen molar-refractivity contribution in [3.8, 4) is 0 Å². The quantitative estimate of drug-likeness (QED) is 0.385. The topological polar surface area (TPSA) is 121 Å². The minimum Gasteiger partial charge on any atom is -0.444 e. The van der Waals surface area contributed by atoms with Gasteiger partial charge in [-0.3, -0.25) is 15.6 Å². The van der Waals surface area contributed by atoms with Crippen LogP contribution in [-0.4, -0.2) is 47.0 Å². The summed E-state index contributed by atoms with van der Waals surface area (Å²) >= 11 is 1.41. The van der Waals surface area contributed by atoms with E-state index in [2.05, 4.69) is 33.3 Å². The lowest BCUT2D eigenvalue weighted by Crippen LogP contribution is -2.44. The third-order valence-electron chi connectivity index (χ3n) is 4.98. The Labute approximate surface area is 228 Å². The van der Waals surface area contributed by atoms with Gasteiger partial charge in [-0.15, -0.1) is 0 Å². The van der Waals surface area contributed by atoms with Crippen LogP contribution in [0, 0.1) is 0 Å². The standard InChI is InChI=1S/C21H30N6O3S.3C2H6/c1-21(2,3)30-20(29)27-11-9-14(10-12-27)13-5-7-15(8-6-13)23-18-16(17(22)28)25-26-19(24-18)31-4;3*1-2/h5-8,14,23,25H,9-12H2,1-4H3,(H2,22,28)(H,24,26);3*1-2H3. The molecule has 2 amide bonds. The zero-order valence-corrected chi connectivity index (χ0v) is 25.1. The summed E-state index contributed by atoms with van der Waals surface area (Å²) in [6.45, 7) is 19.0. The molecule has 3 rings (SSSR count). The first-order valence-corrected chi connectivity index (χ1v) is 14.4. The highest BCUT2D eigenvalue weighted by molar-refractivity contribution is 8.13. The number of aliphatic imine (C=N–C) groups is 1. The first-order valence-electron chi connectivity index (χ1n) is 13.2. The van der Waals surface area contributed by atoms with Crippen molar-refractivity contribution >= 4 is 34.6 Å². The second-order valence-electron chi connectivity index (χ2n) is 8.45. The predicted molar refractivity (Wildman–Crippen MR) is 157 cm³/mol. The number of hydrazine groups is 1. The Morgan fingerprint density at radius 1 is 1.03 bits per heavy atom. The van der Waals surface area contributed by atoms with E-state index < -0.39 is 11.5 Å². The molecule has 0 atom stereocenters.